The molecule has 0 aromatic heterocycles. The van der Waals surface area contributed by atoms with Gasteiger partial charge in [0.1, 0.15) is 11.4 Å². The maximum atomic E-state index is 13.1. The third kappa shape index (κ3) is 1.75. The van der Waals surface area contributed by atoms with Crippen LogP contribution < -0.4 is 10.2 Å². The molecule has 1 aromatic carbocycles. The Kier molecular flexibility index (Phi) is 2.58. The first-order chi connectivity index (χ1) is 7.51. The number of hydrogen-bond donors (Lipinski definition) is 1. The van der Waals surface area contributed by atoms with Crippen molar-refractivity contribution in [2.24, 2.45) is 0 Å². The lowest BCUT2D eigenvalue weighted by molar-refractivity contribution is -0.126. The van der Waals surface area contributed by atoms with Gasteiger partial charge in [-0.1, -0.05) is 6.07 Å². The fourth-order valence-electron chi connectivity index (χ4n) is 2.00. The Morgan fingerprint density at radius 2 is 2.19 bits per heavy atom. The summed E-state index contributed by atoms with van der Waals surface area (Å²) in [6, 6.07) is 6.34. The number of carbonyl (C=O) groups is 1. The van der Waals surface area contributed by atoms with Crippen LogP contribution in [-0.2, 0) is 4.79 Å². The third-order valence-electron chi connectivity index (χ3n) is 2.97. The minimum atomic E-state index is -0.633. The molecule has 1 heterocycles. The molecule has 2 rings (SSSR count). The van der Waals surface area contributed by atoms with E-state index in [1.54, 1.807) is 6.07 Å². The van der Waals surface area contributed by atoms with Crippen LogP contribution in [0.15, 0.2) is 24.3 Å². The van der Waals surface area contributed by atoms with E-state index in [1.165, 1.54) is 12.1 Å². The van der Waals surface area contributed by atoms with Gasteiger partial charge in [0, 0.05) is 18.8 Å². The average molecular weight is 222 g/mol. The molecule has 86 valence electrons. The van der Waals surface area contributed by atoms with Gasteiger partial charge in [-0.3, -0.25) is 4.79 Å². The number of nitrogens with zero attached hydrogens (tertiary/aromatic N) is 1. The van der Waals surface area contributed by atoms with Crippen molar-refractivity contribution in [3.63, 3.8) is 0 Å². The molecule has 16 heavy (non-hydrogen) atoms. The van der Waals surface area contributed by atoms with E-state index in [4.69, 9.17) is 0 Å². The van der Waals surface area contributed by atoms with Gasteiger partial charge in [-0.15, -0.1) is 0 Å². The topological polar surface area (TPSA) is 32.3 Å². The molecule has 0 saturated carbocycles. The second-order valence-corrected chi connectivity index (χ2v) is 4.45. The zero-order valence-corrected chi connectivity index (χ0v) is 9.46. The minimum absolute atomic E-state index is 0.0250. The van der Waals surface area contributed by atoms with Crippen molar-refractivity contribution in [2.45, 2.75) is 19.4 Å². The first-order valence-electron chi connectivity index (χ1n) is 5.33. The van der Waals surface area contributed by atoms with Gasteiger partial charge in [-0.2, -0.15) is 0 Å². The van der Waals surface area contributed by atoms with Crippen molar-refractivity contribution in [3.8, 4) is 0 Å². The lowest BCUT2D eigenvalue weighted by Gasteiger charge is -2.42. The molecule has 1 aliphatic rings. The molecule has 0 spiro atoms. The Balaban J connectivity index is 2.36. The van der Waals surface area contributed by atoms with Crippen molar-refractivity contribution < 1.29 is 9.18 Å². The largest absolute Gasteiger partial charge is 0.356 e. The van der Waals surface area contributed by atoms with Crippen molar-refractivity contribution in [2.75, 3.05) is 18.0 Å². The number of carbonyl (C=O) groups excluding carboxylic acids is 1. The standard InChI is InChI=1S/C12H15FN2O/c1-12(2)11(16)14-6-7-15(12)10-5-3-4-9(13)8-10/h3-5,8H,6-7H2,1-2H3,(H,14,16). The van der Waals surface area contributed by atoms with Gasteiger partial charge in [-0.25, -0.2) is 4.39 Å². The van der Waals surface area contributed by atoms with Crippen molar-refractivity contribution >= 4 is 11.6 Å². The summed E-state index contributed by atoms with van der Waals surface area (Å²) in [7, 11) is 0. The first kappa shape index (κ1) is 10.9. The van der Waals surface area contributed by atoms with Crippen LogP contribution >= 0.6 is 0 Å². The summed E-state index contributed by atoms with van der Waals surface area (Å²) >= 11 is 0. The Bertz CT molecular complexity index is 417. The van der Waals surface area contributed by atoms with Crippen molar-refractivity contribution in [1.82, 2.24) is 5.32 Å². The molecule has 1 saturated heterocycles. The Morgan fingerprint density at radius 1 is 1.44 bits per heavy atom. The molecule has 0 atom stereocenters. The predicted molar refractivity (Wildman–Crippen MR) is 60.8 cm³/mol. The number of nitrogens with one attached hydrogen (secondary N) is 1. The lowest BCUT2D eigenvalue weighted by atomic mass is 9.98. The van der Waals surface area contributed by atoms with Gasteiger partial charge < -0.3 is 10.2 Å². The summed E-state index contributed by atoms with van der Waals surface area (Å²) in [6.07, 6.45) is 0. The third-order valence-corrected chi connectivity index (χ3v) is 2.97. The van der Waals surface area contributed by atoms with E-state index >= 15 is 0 Å². The molecule has 1 aliphatic heterocycles. The lowest BCUT2D eigenvalue weighted by Crippen LogP contribution is -2.62. The van der Waals surface area contributed by atoms with Crippen LogP contribution in [0.25, 0.3) is 0 Å². The summed E-state index contributed by atoms with van der Waals surface area (Å²) in [5.41, 5.74) is 0.117. The summed E-state index contributed by atoms with van der Waals surface area (Å²) in [5.74, 6) is -0.303. The number of hydrogen-bond acceptors (Lipinski definition) is 2. The Morgan fingerprint density at radius 3 is 2.88 bits per heavy atom. The normalized spacial score (nSPS) is 19.4. The maximum absolute atomic E-state index is 13.1. The molecule has 0 unspecified atom stereocenters. The second-order valence-electron chi connectivity index (χ2n) is 4.45. The van der Waals surface area contributed by atoms with E-state index < -0.39 is 5.54 Å². The highest BCUT2D eigenvalue weighted by atomic mass is 19.1. The molecule has 1 fully saturated rings. The van der Waals surface area contributed by atoms with Crippen LogP contribution in [0.5, 0.6) is 0 Å². The molecule has 1 aromatic rings. The number of amides is 1. The van der Waals surface area contributed by atoms with Crippen LogP contribution in [0.3, 0.4) is 0 Å². The van der Waals surface area contributed by atoms with Crippen molar-refractivity contribution in [1.29, 1.82) is 0 Å². The average Bonchev–Trinajstić information content (AvgIpc) is 2.22. The fraction of sp³-hybridized carbons (Fsp3) is 0.417. The van der Waals surface area contributed by atoms with E-state index in [2.05, 4.69) is 5.32 Å². The summed E-state index contributed by atoms with van der Waals surface area (Å²) < 4.78 is 13.1. The molecule has 1 N–H and O–H groups in total. The van der Waals surface area contributed by atoms with Gasteiger partial charge >= 0.3 is 0 Å². The second kappa shape index (κ2) is 3.77. The number of rotatable bonds is 1. The molecule has 0 bridgehead atoms. The van der Waals surface area contributed by atoms with Crippen molar-refractivity contribution in [3.05, 3.63) is 30.1 Å². The highest BCUT2D eigenvalue weighted by Gasteiger charge is 2.37. The number of piperazine rings is 1. The minimum Gasteiger partial charge on any atom is -0.356 e. The van der Waals surface area contributed by atoms with E-state index in [0.29, 0.717) is 13.1 Å². The monoisotopic (exact) mass is 222 g/mol. The Labute approximate surface area is 94.3 Å². The highest BCUT2D eigenvalue weighted by molar-refractivity contribution is 5.90. The van der Waals surface area contributed by atoms with Gasteiger partial charge in [0.25, 0.3) is 0 Å². The zero-order valence-electron chi connectivity index (χ0n) is 9.46. The molecule has 3 nitrogen and oxygen atoms in total. The van der Waals surface area contributed by atoms with Gasteiger partial charge in [0.05, 0.1) is 0 Å². The smallest absolute Gasteiger partial charge is 0.245 e. The fourth-order valence-corrected chi connectivity index (χ4v) is 2.00. The van der Waals surface area contributed by atoms with Gasteiger partial charge in [-0.05, 0) is 32.0 Å². The summed E-state index contributed by atoms with van der Waals surface area (Å²) in [4.78, 5) is 13.7. The van der Waals surface area contributed by atoms with Crippen LogP contribution in [-0.4, -0.2) is 24.5 Å². The zero-order chi connectivity index (χ0) is 11.8. The van der Waals surface area contributed by atoms with Gasteiger partial charge in [0.2, 0.25) is 5.91 Å². The molecule has 1 amide bonds. The molecule has 0 radical (unpaired) electrons. The first-order valence-corrected chi connectivity index (χ1v) is 5.33. The highest BCUT2D eigenvalue weighted by Crippen LogP contribution is 2.26. The van der Waals surface area contributed by atoms with Crippen LogP contribution in [0, 0.1) is 5.82 Å². The SMILES string of the molecule is CC1(C)C(=O)NCCN1c1cccc(F)c1. The summed E-state index contributed by atoms with van der Waals surface area (Å²) in [6.45, 7) is 4.97. The molecular formula is C12H15FN2O. The maximum Gasteiger partial charge on any atom is 0.245 e. The van der Waals surface area contributed by atoms with Gasteiger partial charge in [0.15, 0.2) is 0 Å². The van der Waals surface area contributed by atoms with Crippen LogP contribution in [0.4, 0.5) is 10.1 Å². The molecule has 0 aliphatic carbocycles. The van der Waals surface area contributed by atoms with E-state index in [0.717, 1.165) is 5.69 Å². The van der Waals surface area contributed by atoms with E-state index in [1.807, 2.05) is 24.8 Å². The molecular weight excluding hydrogens is 207 g/mol. The number of halogens is 1. The van der Waals surface area contributed by atoms with Crippen LogP contribution in [0.2, 0.25) is 0 Å². The summed E-state index contributed by atoms with van der Waals surface area (Å²) in [5, 5.41) is 2.81. The number of anilines is 1. The van der Waals surface area contributed by atoms with E-state index in [9.17, 15) is 9.18 Å². The van der Waals surface area contributed by atoms with E-state index in [-0.39, 0.29) is 11.7 Å². The Hall–Kier alpha value is -1.58. The predicted octanol–water partition coefficient (Wildman–Crippen LogP) is 1.54. The number of benzene rings is 1. The quantitative estimate of drug-likeness (QED) is 0.781. The van der Waals surface area contributed by atoms with Crippen LogP contribution in [0.1, 0.15) is 13.8 Å². The molecule has 4 heteroatoms.